The van der Waals surface area contributed by atoms with E-state index in [9.17, 15) is 9.59 Å². The Hall–Kier alpha value is -0.840. The zero-order chi connectivity index (χ0) is 11.4. The van der Waals surface area contributed by atoms with Crippen LogP contribution in [-0.4, -0.2) is 9.55 Å². The molecule has 5 heteroatoms. The Labute approximate surface area is 96.5 Å². The summed E-state index contributed by atoms with van der Waals surface area (Å²) < 4.78 is 1.94. The lowest BCUT2D eigenvalue weighted by molar-refractivity contribution is 0.407. The minimum atomic E-state index is -0.374. The number of nitrogens with one attached hydrogen (secondary N) is 1. The van der Waals surface area contributed by atoms with Crippen molar-refractivity contribution in [1.82, 2.24) is 9.55 Å². The number of aromatic amines is 1. The first-order valence-electron chi connectivity index (χ1n) is 5.07. The van der Waals surface area contributed by atoms with Gasteiger partial charge in [0.15, 0.2) is 0 Å². The van der Waals surface area contributed by atoms with Crippen molar-refractivity contribution in [3.63, 3.8) is 0 Å². The lowest BCUT2D eigenvalue weighted by Gasteiger charge is -2.13. The molecule has 0 aliphatic rings. The molecule has 0 fully saturated rings. The molecule has 0 bridgehead atoms. The van der Waals surface area contributed by atoms with Crippen molar-refractivity contribution in [1.29, 1.82) is 0 Å². The van der Waals surface area contributed by atoms with Gasteiger partial charge < -0.3 is 0 Å². The normalized spacial score (nSPS) is 10.9. The summed E-state index contributed by atoms with van der Waals surface area (Å²) in [7, 11) is 0. The Bertz CT molecular complexity index is 432. The first kappa shape index (κ1) is 12.2. The molecule has 0 amide bonds. The van der Waals surface area contributed by atoms with Crippen LogP contribution >= 0.6 is 15.9 Å². The molecular formula is C10H15BrN2O2. The van der Waals surface area contributed by atoms with E-state index in [1.807, 2.05) is 0 Å². The molecule has 0 saturated carbocycles. The first-order chi connectivity index (χ1) is 7.08. The van der Waals surface area contributed by atoms with Crippen LogP contribution in [0.4, 0.5) is 0 Å². The third-order valence-corrected chi connectivity index (χ3v) is 3.14. The van der Waals surface area contributed by atoms with Gasteiger partial charge in [0.2, 0.25) is 0 Å². The Morgan fingerprint density at radius 3 is 2.53 bits per heavy atom. The van der Waals surface area contributed by atoms with Crippen molar-refractivity contribution in [2.45, 2.75) is 33.2 Å². The zero-order valence-electron chi connectivity index (χ0n) is 8.92. The van der Waals surface area contributed by atoms with Gasteiger partial charge >= 0.3 is 5.69 Å². The van der Waals surface area contributed by atoms with Crippen LogP contribution < -0.4 is 11.2 Å². The summed E-state index contributed by atoms with van der Waals surface area (Å²) in [5.74, 6) is 0.473. The molecule has 1 aromatic rings. The summed E-state index contributed by atoms with van der Waals surface area (Å²) >= 11 is 3.11. The van der Waals surface area contributed by atoms with Gasteiger partial charge in [-0.25, -0.2) is 4.79 Å². The number of hydrogen-bond acceptors (Lipinski definition) is 2. The number of nitrogens with zero attached hydrogens (tertiary/aromatic N) is 1. The highest BCUT2D eigenvalue weighted by Crippen LogP contribution is 2.09. The van der Waals surface area contributed by atoms with Crippen molar-refractivity contribution in [3.05, 3.63) is 31.5 Å². The molecule has 0 atom stereocenters. The van der Waals surface area contributed by atoms with Crippen molar-refractivity contribution >= 4 is 15.9 Å². The predicted molar refractivity (Wildman–Crippen MR) is 63.1 cm³/mol. The van der Waals surface area contributed by atoms with Crippen LogP contribution in [0.2, 0.25) is 0 Å². The summed E-state index contributed by atoms with van der Waals surface area (Å²) in [6.45, 7) is 4.85. The standard InChI is InChI=1S/C10H15BrN2O2/c1-3-7(4-2)5-13-6-8(11)9(14)12-10(13)15/h6-7H,3-5H2,1-2H3,(H,12,14,15). The third kappa shape index (κ3) is 3.06. The SMILES string of the molecule is CCC(CC)Cn1cc(Br)c(=O)[nH]c1=O. The van der Waals surface area contributed by atoms with Gasteiger partial charge in [0, 0.05) is 12.7 Å². The molecular weight excluding hydrogens is 260 g/mol. The summed E-state index contributed by atoms with van der Waals surface area (Å²) in [6.07, 6.45) is 3.61. The maximum absolute atomic E-state index is 11.4. The maximum atomic E-state index is 11.4. The van der Waals surface area contributed by atoms with E-state index >= 15 is 0 Å². The monoisotopic (exact) mass is 274 g/mol. The molecule has 1 N–H and O–H groups in total. The van der Waals surface area contributed by atoms with Crippen LogP contribution in [0, 0.1) is 5.92 Å². The van der Waals surface area contributed by atoms with Crippen molar-refractivity contribution in [2.75, 3.05) is 0 Å². The van der Waals surface area contributed by atoms with E-state index < -0.39 is 0 Å². The van der Waals surface area contributed by atoms with Crippen LogP contribution in [0.5, 0.6) is 0 Å². The molecule has 15 heavy (non-hydrogen) atoms. The smallest absolute Gasteiger partial charge is 0.299 e. The lowest BCUT2D eigenvalue weighted by Crippen LogP contribution is -2.31. The van der Waals surface area contributed by atoms with E-state index in [0.717, 1.165) is 12.8 Å². The topological polar surface area (TPSA) is 54.9 Å². The van der Waals surface area contributed by atoms with Crippen molar-refractivity contribution in [3.8, 4) is 0 Å². The molecule has 1 rings (SSSR count). The Morgan fingerprint density at radius 1 is 1.40 bits per heavy atom. The van der Waals surface area contributed by atoms with Gasteiger partial charge in [0.1, 0.15) is 0 Å². The minimum Gasteiger partial charge on any atom is -0.299 e. The fraction of sp³-hybridized carbons (Fsp3) is 0.600. The highest BCUT2D eigenvalue weighted by Gasteiger charge is 2.07. The molecule has 0 unspecified atom stereocenters. The average molecular weight is 275 g/mol. The molecule has 84 valence electrons. The van der Waals surface area contributed by atoms with Gasteiger partial charge in [-0.3, -0.25) is 14.3 Å². The van der Waals surface area contributed by atoms with Gasteiger partial charge in [-0.2, -0.15) is 0 Å². The minimum absolute atomic E-state index is 0.338. The van der Waals surface area contributed by atoms with Crippen LogP contribution in [0.25, 0.3) is 0 Å². The van der Waals surface area contributed by atoms with Crippen molar-refractivity contribution < 1.29 is 0 Å². The van der Waals surface area contributed by atoms with Gasteiger partial charge in [0.05, 0.1) is 4.47 Å². The highest BCUT2D eigenvalue weighted by molar-refractivity contribution is 9.10. The van der Waals surface area contributed by atoms with E-state index in [1.54, 1.807) is 10.8 Å². The molecule has 0 radical (unpaired) electrons. The Morgan fingerprint density at radius 2 is 2.00 bits per heavy atom. The predicted octanol–water partition coefficient (Wildman–Crippen LogP) is 1.74. The van der Waals surface area contributed by atoms with Gasteiger partial charge in [0.25, 0.3) is 5.56 Å². The van der Waals surface area contributed by atoms with Crippen molar-refractivity contribution in [2.24, 2.45) is 5.92 Å². The third-order valence-electron chi connectivity index (χ3n) is 2.58. The molecule has 0 spiro atoms. The van der Waals surface area contributed by atoms with E-state index in [-0.39, 0.29) is 11.2 Å². The highest BCUT2D eigenvalue weighted by atomic mass is 79.9. The number of H-pyrrole nitrogens is 1. The molecule has 1 aromatic heterocycles. The second-order valence-corrected chi connectivity index (χ2v) is 4.43. The van der Waals surface area contributed by atoms with Gasteiger partial charge in [-0.1, -0.05) is 26.7 Å². The summed E-state index contributed by atoms with van der Waals surface area (Å²) in [5, 5.41) is 0. The second-order valence-electron chi connectivity index (χ2n) is 3.57. The van der Waals surface area contributed by atoms with E-state index in [1.165, 1.54) is 0 Å². The van der Waals surface area contributed by atoms with Gasteiger partial charge in [-0.05, 0) is 21.8 Å². The summed E-state index contributed by atoms with van der Waals surface area (Å²) in [5.41, 5.74) is -0.712. The number of aromatic nitrogens is 2. The van der Waals surface area contributed by atoms with Gasteiger partial charge in [-0.15, -0.1) is 0 Å². The van der Waals surface area contributed by atoms with Crippen LogP contribution in [0.15, 0.2) is 20.3 Å². The molecule has 1 heterocycles. The van der Waals surface area contributed by atoms with E-state index in [4.69, 9.17) is 0 Å². The Kier molecular flexibility index (Phi) is 4.32. The van der Waals surface area contributed by atoms with E-state index in [2.05, 4.69) is 34.8 Å². The molecule has 4 nitrogen and oxygen atoms in total. The summed E-state index contributed by atoms with van der Waals surface area (Å²) in [6, 6.07) is 0. The number of rotatable bonds is 4. The second kappa shape index (κ2) is 5.30. The quantitative estimate of drug-likeness (QED) is 0.909. The lowest BCUT2D eigenvalue weighted by atomic mass is 10.0. The first-order valence-corrected chi connectivity index (χ1v) is 5.87. The summed E-state index contributed by atoms with van der Waals surface area (Å²) in [4.78, 5) is 24.8. The maximum Gasteiger partial charge on any atom is 0.328 e. The van der Waals surface area contributed by atoms with E-state index in [0.29, 0.717) is 16.9 Å². The van der Waals surface area contributed by atoms with Crippen LogP contribution in [-0.2, 0) is 6.54 Å². The largest absolute Gasteiger partial charge is 0.328 e. The number of hydrogen-bond donors (Lipinski definition) is 1. The average Bonchev–Trinajstić information content (AvgIpc) is 2.21. The fourth-order valence-corrected chi connectivity index (χ4v) is 1.79. The molecule has 0 aliphatic carbocycles. The van der Waals surface area contributed by atoms with Crippen LogP contribution in [0.1, 0.15) is 26.7 Å². The molecule has 0 aromatic carbocycles. The molecule has 0 aliphatic heterocycles. The van der Waals surface area contributed by atoms with Crippen LogP contribution in [0.3, 0.4) is 0 Å². The number of halogens is 1. The zero-order valence-corrected chi connectivity index (χ0v) is 10.5. The Balaban J connectivity index is 3.00. The molecule has 0 saturated heterocycles. The fourth-order valence-electron chi connectivity index (χ4n) is 1.44.